The van der Waals surface area contributed by atoms with E-state index in [4.69, 9.17) is 15.4 Å². The van der Waals surface area contributed by atoms with Crippen molar-refractivity contribution in [3.63, 3.8) is 0 Å². The molecule has 1 atom stereocenters. The molecule has 0 amide bonds. The standard InChI is InChI=1S/C16H18N2O/c1-4-10(2)12-5-7-13(8-6-12)15-11(3)19-16(18)14(15)9-17/h5-8,10H,4,18H2,1-3H3. The maximum atomic E-state index is 9.16. The van der Waals surface area contributed by atoms with Crippen LogP contribution < -0.4 is 5.73 Å². The van der Waals surface area contributed by atoms with Crippen molar-refractivity contribution in [3.05, 3.63) is 41.2 Å². The molecule has 2 aromatic rings. The van der Waals surface area contributed by atoms with Crippen molar-refractivity contribution in [3.8, 4) is 17.2 Å². The first-order valence-corrected chi connectivity index (χ1v) is 6.47. The number of hydrogen-bond donors (Lipinski definition) is 1. The van der Waals surface area contributed by atoms with Gasteiger partial charge < -0.3 is 10.2 Å². The minimum Gasteiger partial charge on any atom is -0.444 e. The summed E-state index contributed by atoms with van der Waals surface area (Å²) in [5, 5.41) is 9.16. The molecular formula is C16H18N2O. The smallest absolute Gasteiger partial charge is 0.209 e. The maximum absolute atomic E-state index is 9.16. The molecule has 2 rings (SSSR count). The van der Waals surface area contributed by atoms with Gasteiger partial charge in [-0.15, -0.1) is 0 Å². The lowest BCUT2D eigenvalue weighted by atomic mass is 9.95. The maximum Gasteiger partial charge on any atom is 0.209 e. The third-order valence-corrected chi connectivity index (χ3v) is 3.60. The molecule has 1 unspecified atom stereocenters. The first kappa shape index (κ1) is 13.2. The molecule has 98 valence electrons. The molecule has 1 heterocycles. The van der Waals surface area contributed by atoms with Crippen LogP contribution >= 0.6 is 0 Å². The zero-order chi connectivity index (χ0) is 14.0. The Bertz CT molecular complexity index is 617. The van der Waals surface area contributed by atoms with E-state index in [1.165, 1.54) is 5.56 Å². The minimum atomic E-state index is 0.195. The van der Waals surface area contributed by atoms with Crippen LogP contribution in [0.5, 0.6) is 0 Å². The summed E-state index contributed by atoms with van der Waals surface area (Å²) in [6.07, 6.45) is 1.11. The molecule has 0 aliphatic heterocycles. The number of nitrogens with two attached hydrogens (primary N) is 1. The molecule has 0 saturated heterocycles. The topological polar surface area (TPSA) is 62.9 Å². The van der Waals surface area contributed by atoms with Crippen LogP contribution in [0.4, 0.5) is 5.88 Å². The Balaban J connectivity index is 2.46. The van der Waals surface area contributed by atoms with E-state index in [9.17, 15) is 0 Å². The fourth-order valence-electron chi connectivity index (χ4n) is 2.24. The van der Waals surface area contributed by atoms with E-state index in [1.807, 2.05) is 19.1 Å². The average Bonchev–Trinajstić information content (AvgIpc) is 2.72. The van der Waals surface area contributed by atoms with Crippen LogP contribution in [0, 0.1) is 18.3 Å². The lowest BCUT2D eigenvalue weighted by Crippen LogP contribution is -1.91. The summed E-state index contributed by atoms with van der Waals surface area (Å²) in [5.41, 5.74) is 9.21. The van der Waals surface area contributed by atoms with E-state index >= 15 is 0 Å². The number of rotatable bonds is 3. The van der Waals surface area contributed by atoms with E-state index in [0.29, 0.717) is 17.2 Å². The van der Waals surface area contributed by atoms with Crippen molar-refractivity contribution in [2.24, 2.45) is 0 Å². The highest BCUT2D eigenvalue weighted by atomic mass is 16.4. The third-order valence-electron chi connectivity index (χ3n) is 3.60. The average molecular weight is 254 g/mol. The second kappa shape index (κ2) is 5.19. The van der Waals surface area contributed by atoms with E-state index in [-0.39, 0.29) is 5.88 Å². The second-order valence-electron chi connectivity index (χ2n) is 4.82. The summed E-state index contributed by atoms with van der Waals surface area (Å²) >= 11 is 0. The Hall–Kier alpha value is -2.21. The zero-order valence-corrected chi connectivity index (χ0v) is 11.5. The first-order chi connectivity index (χ1) is 9.08. The molecule has 3 heteroatoms. The van der Waals surface area contributed by atoms with Gasteiger partial charge in [-0.25, -0.2) is 0 Å². The molecular weight excluding hydrogens is 236 g/mol. The van der Waals surface area contributed by atoms with Crippen molar-refractivity contribution in [2.75, 3.05) is 5.73 Å². The van der Waals surface area contributed by atoms with Crippen LogP contribution in [0.15, 0.2) is 28.7 Å². The van der Waals surface area contributed by atoms with Gasteiger partial charge in [-0.2, -0.15) is 5.26 Å². The van der Waals surface area contributed by atoms with Crippen molar-refractivity contribution in [1.82, 2.24) is 0 Å². The Morgan fingerprint density at radius 1 is 1.32 bits per heavy atom. The number of nitrogen functional groups attached to an aromatic ring is 1. The highest BCUT2D eigenvalue weighted by Gasteiger charge is 2.17. The highest BCUT2D eigenvalue weighted by Crippen LogP contribution is 2.34. The van der Waals surface area contributed by atoms with Gasteiger partial charge in [0.05, 0.1) is 0 Å². The fraction of sp³-hybridized carbons (Fsp3) is 0.312. The number of benzene rings is 1. The fourth-order valence-corrected chi connectivity index (χ4v) is 2.24. The summed E-state index contributed by atoms with van der Waals surface area (Å²) in [4.78, 5) is 0. The van der Waals surface area contributed by atoms with Crippen LogP contribution in [0.25, 0.3) is 11.1 Å². The second-order valence-corrected chi connectivity index (χ2v) is 4.82. The van der Waals surface area contributed by atoms with Gasteiger partial charge in [-0.05, 0) is 30.4 Å². The molecule has 0 fully saturated rings. The van der Waals surface area contributed by atoms with Gasteiger partial charge in [0, 0.05) is 5.56 Å². The van der Waals surface area contributed by atoms with E-state index < -0.39 is 0 Å². The molecule has 19 heavy (non-hydrogen) atoms. The molecule has 0 saturated carbocycles. The predicted molar refractivity (Wildman–Crippen MR) is 76.7 cm³/mol. The summed E-state index contributed by atoms with van der Waals surface area (Å²) in [6.45, 7) is 6.21. The zero-order valence-electron chi connectivity index (χ0n) is 11.5. The van der Waals surface area contributed by atoms with Gasteiger partial charge in [0.25, 0.3) is 0 Å². The van der Waals surface area contributed by atoms with Gasteiger partial charge in [-0.3, -0.25) is 0 Å². The van der Waals surface area contributed by atoms with Crippen LogP contribution in [0.1, 0.15) is 43.1 Å². The van der Waals surface area contributed by atoms with E-state index in [2.05, 4.69) is 32.0 Å². The van der Waals surface area contributed by atoms with Gasteiger partial charge in [0.15, 0.2) is 0 Å². The number of nitrogens with zero attached hydrogens (tertiary/aromatic N) is 1. The number of furan rings is 1. The van der Waals surface area contributed by atoms with Crippen LogP contribution in [0.3, 0.4) is 0 Å². The first-order valence-electron chi connectivity index (χ1n) is 6.47. The lowest BCUT2D eigenvalue weighted by Gasteiger charge is -2.09. The summed E-state index contributed by atoms with van der Waals surface area (Å²) in [6, 6.07) is 10.4. The van der Waals surface area contributed by atoms with Gasteiger partial charge in [0.2, 0.25) is 5.88 Å². The molecule has 0 radical (unpaired) electrons. The molecule has 0 spiro atoms. The molecule has 1 aromatic heterocycles. The van der Waals surface area contributed by atoms with Gasteiger partial charge in [-0.1, -0.05) is 38.1 Å². The van der Waals surface area contributed by atoms with Gasteiger partial charge >= 0.3 is 0 Å². The quantitative estimate of drug-likeness (QED) is 0.891. The molecule has 1 aromatic carbocycles. The van der Waals surface area contributed by atoms with Crippen LogP contribution in [-0.4, -0.2) is 0 Å². The van der Waals surface area contributed by atoms with Crippen molar-refractivity contribution in [1.29, 1.82) is 5.26 Å². The Labute approximate surface area is 113 Å². The normalized spacial score (nSPS) is 12.1. The minimum absolute atomic E-state index is 0.195. The summed E-state index contributed by atoms with van der Waals surface area (Å²) in [5.74, 6) is 1.42. The van der Waals surface area contributed by atoms with Crippen molar-refractivity contribution < 1.29 is 4.42 Å². The largest absolute Gasteiger partial charge is 0.444 e. The Morgan fingerprint density at radius 3 is 2.47 bits per heavy atom. The molecule has 0 aliphatic rings. The Kier molecular flexibility index (Phi) is 3.62. The SMILES string of the molecule is CCC(C)c1ccc(-c2c(C)oc(N)c2C#N)cc1. The van der Waals surface area contributed by atoms with Crippen LogP contribution in [-0.2, 0) is 0 Å². The van der Waals surface area contributed by atoms with Crippen molar-refractivity contribution in [2.45, 2.75) is 33.1 Å². The molecule has 0 aliphatic carbocycles. The number of hydrogen-bond acceptors (Lipinski definition) is 3. The predicted octanol–water partition coefficient (Wildman–Crippen LogP) is 4.22. The highest BCUT2D eigenvalue weighted by molar-refractivity contribution is 5.77. The van der Waals surface area contributed by atoms with Crippen molar-refractivity contribution >= 4 is 5.88 Å². The lowest BCUT2D eigenvalue weighted by molar-refractivity contribution is 0.554. The van der Waals surface area contributed by atoms with Gasteiger partial charge in [0.1, 0.15) is 17.4 Å². The molecule has 2 N–H and O–H groups in total. The third kappa shape index (κ3) is 2.34. The van der Waals surface area contributed by atoms with E-state index in [0.717, 1.165) is 17.5 Å². The number of nitriles is 1. The number of anilines is 1. The number of aryl methyl sites for hydroxylation is 1. The molecule has 0 bridgehead atoms. The Morgan fingerprint density at radius 2 is 1.95 bits per heavy atom. The summed E-state index contributed by atoms with van der Waals surface area (Å²) in [7, 11) is 0. The summed E-state index contributed by atoms with van der Waals surface area (Å²) < 4.78 is 5.35. The molecule has 3 nitrogen and oxygen atoms in total. The van der Waals surface area contributed by atoms with Crippen LogP contribution in [0.2, 0.25) is 0 Å². The van der Waals surface area contributed by atoms with E-state index in [1.54, 1.807) is 0 Å². The monoisotopic (exact) mass is 254 g/mol.